The topological polar surface area (TPSA) is 79.6 Å². The predicted octanol–water partition coefficient (Wildman–Crippen LogP) is 1.54. The first-order valence-corrected chi connectivity index (χ1v) is 6.19. The van der Waals surface area contributed by atoms with Gasteiger partial charge in [0.2, 0.25) is 0 Å². The average molecular weight is 275 g/mol. The lowest BCUT2D eigenvalue weighted by molar-refractivity contribution is 0.251. The average Bonchev–Trinajstić information content (AvgIpc) is 2.97. The normalized spacial score (nSPS) is 11.3. The Balaban J connectivity index is 1.73. The zero-order valence-electron chi connectivity index (χ0n) is 9.27. The second-order valence-electron chi connectivity index (χ2n) is 3.37. The van der Waals surface area contributed by atoms with Gasteiger partial charge < -0.3 is 9.73 Å². The number of aromatic nitrogens is 4. The number of H-pyrrole nitrogens is 1. The molecule has 2 rings (SSSR count). The minimum atomic E-state index is -2.38. The van der Waals surface area contributed by atoms with Crippen LogP contribution in [0.1, 0.15) is 17.3 Å². The first-order chi connectivity index (χ1) is 8.74. The summed E-state index contributed by atoms with van der Waals surface area (Å²) in [5.41, 5.74) is 0. The number of tetrazole rings is 1. The lowest BCUT2D eigenvalue weighted by Gasteiger charge is -1.99. The lowest BCUT2D eigenvalue weighted by atomic mass is 10.4. The second kappa shape index (κ2) is 6.45. The van der Waals surface area contributed by atoms with Crippen molar-refractivity contribution in [3.8, 4) is 0 Å². The minimum Gasteiger partial charge on any atom is -0.464 e. The maximum atomic E-state index is 12.0. The van der Waals surface area contributed by atoms with E-state index in [0.29, 0.717) is 42.2 Å². The van der Waals surface area contributed by atoms with Crippen molar-refractivity contribution in [2.45, 2.75) is 24.6 Å². The molecule has 0 radical (unpaired) electrons. The number of rotatable bonds is 7. The van der Waals surface area contributed by atoms with Crippen LogP contribution in [0.4, 0.5) is 8.78 Å². The standard InChI is InChI=1S/C9H11F2N5OS/c10-9(11)18-5-7-2-1-6(17-7)3-12-4-8-13-15-16-14-8/h1-2,9,12H,3-5H2,(H,13,14,15,16). The molecule has 0 saturated carbocycles. The van der Waals surface area contributed by atoms with E-state index in [0.717, 1.165) is 0 Å². The molecule has 9 heteroatoms. The number of alkyl halides is 2. The summed E-state index contributed by atoms with van der Waals surface area (Å²) in [6.45, 7) is 0.937. The second-order valence-corrected chi connectivity index (χ2v) is 4.35. The van der Waals surface area contributed by atoms with Crippen molar-refractivity contribution in [1.29, 1.82) is 0 Å². The van der Waals surface area contributed by atoms with E-state index in [1.54, 1.807) is 12.1 Å². The van der Waals surface area contributed by atoms with Crippen LogP contribution in [0.25, 0.3) is 0 Å². The number of nitrogens with one attached hydrogen (secondary N) is 2. The molecule has 0 fully saturated rings. The van der Waals surface area contributed by atoms with Gasteiger partial charge in [0.1, 0.15) is 11.5 Å². The molecule has 2 N–H and O–H groups in total. The molecule has 2 aromatic rings. The zero-order valence-corrected chi connectivity index (χ0v) is 10.1. The Labute approximate surface area is 106 Å². The van der Waals surface area contributed by atoms with Crippen LogP contribution >= 0.6 is 11.8 Å². The van der Waals surface area contributed by atoms with Gasteiger partial charge in [0, 0.05) is 0 Å². The summed E-state index contributed by atoms with van der Waals surface area (Å²) >= 11 is 0.540. The molecule has 0 spiro atoms. The monoisotopic (exact) mass is 275 g/mol. The van der Waals surface area contributed by atoms with Gasteiger partial charge in [-0.3, -0.25) is 0 Å². The maximum Gasteiger partial charge on any atom is 0.284 e. The van der Waals surface area contributed by atoms with Gasteiger partial charge >= 0.3 is 0 Å². The molecule has 18 heavy (non-hydrogen) atoms. The van der Waals surface area contributed by atoms with Crippen molar-refractivity contribution in [3.63, 3.8) is 0 Å². The summed E-state index contributed by atoms with van der Waals surface area (Å²) in [7, 11) is 0. The number of nitrogens with zero attached hydrogens (tertiary/aromatic N) is 3. The largest absolute Gasteiger partial charge is 0.464 e. The fourth-order valence-corrected chi connectivity index (χ4v) is 1.74. The van der Waals surface area contributed by atoms with Crippen LogP contribution in [0.5, 0.6) is 0 Å². The molecule has 98 valence electrons. The molecule has 2 heterocycles. The SMILES string of the molecule is FC(F)SCc1ccc(CNCc2nn[nH]n2)o1. The highest BCUT2D eigenvalue weighted by atomic mass is 32.2. The van der Waals surface area contributed by atoms with Crippen molar-refractivity contribution in [2.24, 2.45) is 0 Å². The fraction of sp³-hybridized carbons (Fsp3) is 0.444. The van der Waals surface area contributed by atoms with Crippen molar-refractivity contribution in [2.75, 3.05) is 0 Å². The molecular formula is C9H11F2N5OS. The smallest absolute Gasteiger partial charge is 0.284 e. The van der Waals surface area contributed by atoms with Crippen molar-refractivity contribution in [1.82, 2.24) is 25.9 Å². The first kappa shape index (κ1) is 13.0. The van der Waals surface area contributed by atoms with E-state index in [4.69, 9.17) is 4.42 Å². The Kier molecular flexibility index (Phi) is 4.65. The van der Waals surface area contributed by atoms with Gasteiger partial charge in [-0.25, -0.2) is 0 Å². The fourth-order valence-electron chi connectivity index (χ4n) is 1.29. The number of thioether (sulfide) groups is 1. The number of hydrogen-bond acceptors (Lipinski definition) is 6. The van der Waals surface area contributed by atoms with Crippen LogP contribution in [0.2, 0.25) is 0 Å². The Bertz CT molecular complexity index is 461. The van der Waals surface area contributed by atoms with Gasteiger partial charge in [-0.2, -0.15) is 14.0 Å². The molecule has 0 aliphatic heterocycles. The third kappa shape index (κ3) is 4.08. The van der Waals surface area contributed by atoms with Crippen LogP contribution in [0, 0.1) is 0 Å². The third-order valence-corrected chi connectivity index (χ3v) is 2.74. The summed E-state index contributed by atoms with van der Waals surface area (Å²) < 4.78 is 29.3. The molecule has 0 aliphatic carbocycles. The van der Waals surface area contributed by atoms with E-state index >= 15 is 0 Å². The molecule has 0 amide bonds. The van der Waals surface area contributed by atoms with Crippen LogP contribution in [0.15, 0.2) is 16.5 Å². The van der Waals surface area contributed by atoms with E-state index in [2.05, 4.69) is 25.9 Å². The summed E-state index contributed by atoms with van der Waals surface area (Å²) in [4.78, 5) is 0. The minimum absolute atomic E-state index is 0.169. The van der Waals surface area contributed by atoms with E-state index in [1.807, 2.05) is 0 Å². The van der Waals surface area contributed by atoms with Crippen LogP contribution in [-0.4, -0.2) is 26.4 Å². The summed E-state index contributed by atoms with van der Waals surface area (Å²) in [5, 5.41) is 16.4. The third-order valence-electron chi connectivity index (χ3n) is 2.04. The van der Waals surface area contributed by atoms with E-state index in [9.17, 15) is 8.78 Å². The number of hydrogen-bond donors (Lipinski definition) is 2. The molecule has 2 aromatic heterocycles. The summed E-state index contributed by atoms with van der Waals surface area (Å²) in [6.07, 6.45) is 0. The molecule has 0 saturated heterocycles. The lowest BCUT2D eigenvalue weighted by Crippen LogP contribution is -2.13. The predicted molar refractivity (Wildman–Crippen MR) is 60.7 cm³/mol. The highest BCUT2D eigenvalue weighted by molar-refractivity contribution is 7.98. The van der Waals surface area contributed by atoms with E-state index < -0.39 is 5.76 Å². The molecule has 0 aromatic carbocycles. The Morgan fingerprint density at radius 3 is 2.89 bits per heavy atom. The van der Waals surface area contributed by atoms with Gasteiger partial charge in [-0.15, -0.1) is 10.2 Å². The van der Waals surface area contributed by atoms with Gasteiger partial charge in [0.25, 0.3) is 5.76 Å². The molecule has 0 aliphatic rings. The van der Waals surface area contributed by atoms with Gasteiger partial charge in [-0.1, -0.05) is 17.0 Å². The number of furan rings is 1. The molecular weight excluding hydrogens is 264 g/mol. The van der Waals surface area contributed by atoms with E-state index in [1.165, 1.54) is 0 Å². The molecule has 0 unspecified atom stereocenters. The van der Waals surface area contributed by atoms with E-state index in [-0.39, 0.29) is 5.75 Å². The quantitative estimate of drug-likeness (QED) is 0.798. The van der Waals surface area contributed by atoms with Gasteiger partial charge in [0.15, 0.2) is 5.82 Å². The maximum absolute atomic E-state index is 12.0. The Morgan fingerprint density at radius 1 is 1.33 bits per heavy atom. The molecule has 0 bridgehead atoms. The highest BCUT2D eigenvalue weighted by Crippen LogP contribution is 2.21. The summed E-state index contributed by atoms with van der Waals surface area (Å²) in [6, 6.07) is 3.45. The van der Waals surface area contributed by atoms with Crippen LogP contribution in [-0.2, 0) is 18.8 Å². The zero-order chi connectivity index (χ0) is 12.8. The molecule has 0 atom stereocenters. The number of halogens is 2. The van der Waals surface area contributed by atoms with Crippen LogP contribution < -0.4 is 5.32 Å². The summed E-state index contributed by atoms with van der Waals surface area (Å²) in [5.74, 6) is -0.437. The number of aromatic amines is 1. The highest BCUT2D eigenvalue weighted by Gasteiger charge is 2.07. The van der Waals surface area contributed by atoms with Gasteiger partial charge in [-0.05, 0) is 12.1 Å². The van der Waals surface area contributed by atoms with Crippen molar-refractivity contribution >= 4 is 11.8 Å². The Hall–Kier alpha value is -1.48. The van der Waals surface area contributed by atoms with Crippen molar-refractivity contribution in [3.05, 3.63) is 29.5 Å². The van der Waals surface area contributed by atoms with Gasteiger partial charge in [0.05, 0.1) is 18.8 Å². The Morgan fingerprint density at radius 2 is 2.17 bits per heavy atom. The van der Waals surface area contributed by atoms with Crippen molar-refractivity contribution < 1.29 is 13.2 Å². The van der Waals surface area contributed by atoms with Crippen LogP contribution in [0.3, 0.4) is 0 Å². The first-order valence-electron chi connectivity index (χ1n) is 5.14. The molecule has 6 nitrogen and oxygen atoms in total.